The van der Waals surface area contributed by atoms with E-state index in [4.69, 9.17) is 0 Å². The van der Waals surface area contributed by atoms with Gasteiger partial charge < -0.3 is 4.90 Å². The molecule has 1 aliphatic carbocycles. The molecule has 1 spiro atoms. The predicted octanol–water partition coefficient (Wildman–Crippen LogP) is 3.38. The molecule has 0 bridgehead atoms. The monoisotopic (exact) mass is 364 g/mol. The van der Waals surface area contributed by atoms with Crippen molar-refractivity contribution in [1.82, 2.24) is 20.0 Å². The summed E-state index contributed by atoms with van der Waals surface area (Å²) in [7, 11) is 2.26. The molecule has 2 aliphatic heterocycles. The van der Waals surface area contributed by atoms with Crippen LogP contribution in [0.5, 0.6) is 0 Å². The van der Waals surface area contributed by atoms with E-state index in [9.17, 15) is 4.79 Å². The summed E-state index contributed by atoms with van der Waals surface area (Å²) in [5.41, 5.74) is 3.41. The first-order chi connectivity index (χ1) is 13.1. The summed E-state index contributed by atoms with van der Waals surface area (Å²) in [6.07, 6.45) is 5.74. The van der Waals surface area contributed by atoms with Gasteiger partial charge in [-0.1, -0.05) is 30.3 Å². The molecule has 142 valence electrons. The zero-order valence-corrected chi connectivity index (χ0v) is 16.0. The second-order valence-electron chi connectivity index (χ2n) is 8.69. The van der Waals surface area contributed by atoms with Crippen LogP contribution < -0.4 is 0 Å². The molecule has 1 aromatic heterocycles. The fourth-order valence-electron chi connectivity index (χ4n) is 5.08. The smallest absolute Gasteiger partial charge is 0.274 e. The number of carbonyl (C=O) groups is 1. The van der Waals surface area contributed by atoms with Crippen LogP contribution in [-0.4, -0.2) is 58.1 Å². The van der Waals surface area contributed by atoms with Crippen molar-refractivity contribution < 1.29 is 4.79 Å². The summed E-state index contributed by atoms with van der Waals surface area (Å²) >= 11 is 0. The van der Waals surface area contributed by atoms with E-state index in [0.29, 0.717) is 17.5 Å². The number of hydrogen-bond acceptors (Lipinski definition) is 3. The molecule has 5 nitrogen and oxygen atoms in total. The second-order valence-corrected chi connectivity index (χ2v) is 8.69. The summed E-state index contributed by atoms with van der Waals surface area (Å²) in [6, 6.07) is 12.8. The number of carbonyl (C=O) groups excluding carboxylic acids is 1. The van der Waals surface area contributed by atoms with Gasteiger partial charge >= 0.3 is 0 Å². The Morgan fingerprint density at radius 1 is 1.15 bits per heavy atom. The number of benzene rings is 1. The Hall–Kier alpha value is -2.14. The van der Waals surface area contributed by atoms with Crippen LogP contribution in [0.15, 0.2) is 36.4 Å². The van der Waals surface area contributed by atoms with Gasteiger partial charge in [-0.05, 0) is 56.7 Å². The van der Waals surface area contributed by atoms with Gasteiger partial charge in [0.1, 0.15) is 5.69 Å². The largest absolute Gasteiger partial charge is 0.337 e. The molecule has 0 unspecified atom stereocenters. The third-order valence-electron chi connectivity index (χ3n) is 7.02. The van der Waals surface area contributed by atoms with Crippen LogP contribution in [0.2, 0.25) is 0 Å². The van der Waals surface area contributed by atoms with E-state index in [1.54, 1.807) is 0 Å². The molecule has 2 aromatic rings. The quantitative estimate of drug-likeness (QED) is 0.908. The highest BCUT2D eigenvalue weighted by atomic mass is 16.2. The Morgan fingerprint density at radius 3 is 2.59 bits per heavy atom. The van der Waals surface area contributed by atoms with Crippen LogP contribution in [0, 0.1) is 0 Å². The minimum atomic E-state index is 0.0910. The molecule has 1 atom stereocenters. The van der Waals surface area contributed by atoms with Gasteiger partial charge in [0.25, 0.3) is 5.91 Å². The SMILES string of the molecule is CN1C[C@@H](c2ccccc2)CC12CCN(C(=O)c1cc(C3CC3)[nH]n1)CC2. The van der Waals surface area contributed by atoms with Crippen LogP contribution >= 0.6 is 0 Å². The van der Waals surface area contributed by atoms with Crippen LogP contribution in [0.4, 0.5) is 0 Å². The van der Waals surface area contributed by atoms with E-state index in [1.165, 1.54) is 24.8 Å². The van der Waals surface area contributed by atoms with E-state index < -0.39 is 0 Å². The minimum absolute atomic E-state index is 0.0910. The second kappa shape index (κ2) is 6.48. The topological polar surface area (TPSA) is 52.2 Å². The van der Waals surface area contributed by atoms with Crippen molar-refractivity contribution in [2.24, 2.45) is 0 Å². The lowest BCUT2D eigenvalue weighted by Gasteiger charge is -2.43. The minimum Gasteiger partial charge on any atom is -0.337 e. The number of rotatable bonds is 3. The van der Waals surface area contributed by atoms with Crippen molar-refractivity contribution >= 4 is 5.91 Å². The average molecular weight is 364 g/mol. The van der Waals surface area contributed by atoms with Crippen LogP contribution in [0.1, 0.15) is 65.7 Å². The predicted molar refractivity (Wildman–Crippen MR) is 105 cm³/mol. The summed E-state index contributed by atoms with van der Waals surface area (Å²) in [4.78, 5) is 17.4. The van der Waals surface area contributed by atoms with Gasteiger partial charge in [-0.2, -0.15) is 5.10 Å². The third kappa shape index (κ3) is 3.08. The van der Waals surface area contributed by atoms with Crippen molar-refractivity contribution in [3.05, 3.63) is 53.3 Å². The van der Waals surface area contributed by atoms with Crippen LogP contribution in [-0.2, 0) is 0 Å². The lowest BCUT2D eigenvalue weighted by molar-refractivity contribution is 0.0487. The van der Waals surface area contributed by atoms with Gasteiger partial charge in [0.05, 0.1) is 0 Å². The number of hydrogen-bond donors (Lipinski definition) is 1. The highest BCUT2D eigenvalue weighted by Crippen LogP contribution is 2.44. The van der Waals surface area contributed by atoms with Crippen molar-refractivity contribution in [2.45, 2.75) is 49.5 Å². The molecule has 5 heteroatoms. The van der Waals surface area contributed by atoms with Gasteiger partial charge in [0.2, 0.25) is 0 Å². The lowest BCUT2D eigenvalue weighted by Crippen LogP contribution is -2.52. The maximum Gasteiger partial charge on any atom is 0.274 e. The highest BCUT2D eigenvalue weighted by Gasteiger charge is 2.46. The van der Waals surface area contributed by atoms with Gasteiger partial charge in [0, 0.05) is 36.8 Å². The Balaban J connectivity index is 1.24. The zero-order chi connectivity index (χ0) is 18.4. The molecule has 1 amide bonds. The standard InChI is InChI=1S/C22H28N4O/c1-25-15-18(16-5-3-2-4-6-16)14-22(25)9-11-26(12-10-22)21(27)20-13-19(23-24-20)17-7-8-17/h2-6,13,17-18H,7-12,14-15H2,1H3,(H,23,24)/t18-/m0/s1. The Labute approximate surface area is 160 Å². The number of likely N-dealkylation sites (N-methyl/N-ethyl adjacent to an activating group) is 1. The fourth-order valence-corrected chi connectivity index (χ4v) is 5.08. The number of likely N-dealkylation sites (tertiary alicyclic amines) is 2. The third-order valence-corrected chi connectivity index (χ3v) is 7.02. The maximum atomic E-state index is 12.9. The molecule has 0 radical (unpaired) electrons. The van der Waals surface area contributed by atoms with Gasteiger partial charge in [0.15, 0.2) is 0 Å². The summed E-state index contributed by atoms with van der Waals surface area (Å²) < 4.78 is 0. The molecule has 1 aromatic carbocycles. The number of amides is 1. The number of H-pyrrole nitrogens is 1. The molecule has 1 saturated carbocycles. The highest BCUT2D eigenvalue weighted by molar-refractivity contribution is 5.92. The fraction of sp³-hybridized carbons (Fsp3) is 0.545. The number of aromatic nitrogens is 2. The normalized spacial score (nSPS) is 25.2. The lowest BCUT2D eigenvalue weighted by atomic mass is 9.81. The van der Waals surface area contributed by atoms with Gasteiger partial charge in [-0.3, -0.25) is 14.8 Å². The molecule has 3 aliphatic rings. The Kier molecular flexibility index (Phi) is 4.08. The van der Waals surface area contributed by atoms with Crippen molar-refractivity contribution in [1.29, 1.82) is 0 Å². The molecule has 3 fully saturated rings. The van der Waals surface area contributed by atoms with E-state index >= 15 is 0 Å². The average Bonchev–Trinajstić information content (AvgIpc) is 3.35. The number of piperidine rings is 1. The number of nitrogens with one attached hydrogen (secondary N) is 1. The molecular formula is C22H28N4O. The molecule has 3 heterocycles. The van der Waals surface area contributed by atoms with Crippen molar-refractivity contribution in [2.75, 3.05) is 26.7 Å². The molecule has 5 rings (SSSR count). The molecule has 2 saturated heterocycles. The Morgan fingerprint density at radius 2 is 1.89 bits per heavy atom. The van der Waals surface area contributed by atoms with E-state index in [0.717, 1.165) is 38.2 Å². The van der Waals surface area contributed by atoms with Crippen LogP contribution in [0.25, 0.3) is 0 Å². The number of aromatic amines is 1. The van der Waals surface area contributed by atoms with Crippen molar-refractivity contribution in [3.8, 4) is 0 Å². The number of nitrogens with zero attached hydrogens (tertiary/aromatic N) is 3. The van der Waals surface area contributed by atoms with Gasteiger partial charge in [-0.15, -0.1) is 0 Å². The summed E-state index contributed by atoms with van der Waals surface area (Å²) in [5.74, 6) is 1.30. The summed E-state index contributed by atoms with van der Waals surface area (Å²) in [5, 5.41) is 7.34. The first kappa shape index (κ1) is 17.0. The van der Waals surface area contributed by atoms with Gasteiger partial charge in [-0.25, -0.2) is 0 Å². The maximum absolute atomic E-state index is 12.9. The Bertz CT molecular complexity index is 818. The van der Waals surface area contributed by atoms with Crippen LogP contribution in [0.3, 0.4) is 0 Å². The van der Waals surface area contributed by atoms with E-state index in [1.807, 2.05) is 11.0 Å². The zero-order valence-electron chi connectivity index (χ0n) is 16.0. The molecule has 27 heavy (non-hydrogen) atoms. The van der Waals surface area contributed by atoms with E-state index in [2.05, 4.69) is 52.5 Å². The molecular weight excluding hydrogens is 336 g/mol. The summed E-state index contributed by atoms with van der Waals surface area (Å²) in [6.45, 7) is 2.77. The van der Waals surface area contributed by atoms with E-state index in [-0.39, 0.29) is 11.4 Å². The first-order valence-corrected chi connectivity index (χ1v) is 10.3. The first-order valence-electron chi connectivity index (χ1n) is 10.3. The molecule has 1 N–H and O–H groups in total. The van der Waals surface area contributed by atoms with Crippen molar-refractivity contribution in [3.63, 3.8) is 0 Å².